The van der Waals surface area contributed by atoms with Crippen molar-refractivity contribution in [1.29, 1.82) is 0 Å². The molecule has 4 aliphatic heterocycles. The molecule has 3 N–H and O–H groups in total. The van der Waals surface area contributed by atoms with E-state index in [0.29, 0.717) is 46.0 Å². The van der Waals surface area contributed by atoms with Crippen molar-refractivity contribution < 1.29 is 18.7 Å². The third kappa shape index (κ3) is 5.61. The molecule has 0 radical (unpaired) electrons. The summed E-state index contributed by atoms with van der Waals surface area (Å²) in [6.45, 7) is 5.57. The predicted octanol–water partition coefficient (Wildman–Crippen LogP) is 7.87. The maximum Gasteiger partial charge on any atom is 0.259 e. The number of nitrogens with zero attached hydrogens (tertiary/aromatic N) is 3. The Morgan fingerprint density at radius 3 is 2.43 bits per heavy atom. The molecular weight excluding hydrogens is 664 g/mol. The van der Waals surface area contributed by atoms with Crippen LogP contribution >= 0.6 is 11.3 Å². The first-order valence-electron chi connectivity index (χ1n) is 17.4. The second-order valence-corrected chi connectivity index (χ2v) is 15.0. The Balaban J connectivity index is 0.922. The Hall–Kier alpha value is -5.26. The highest BCUT2D eigenvalue weighted by Crippen LogP contribution is 2.47. The Labute approximate surface area is 299 Å². The lowest BCUT2D eigenvalue weighted by atomic mass is 9.73. The van der Waals surface area contributed by atoms with Crippen LogP contribution in [0.1, 0.15) is 55.7 Å². The lowest BCUT2D eigenvalue weighted by molar-refractivity contribution is -0.000510. The number of hydrogen-bond donors (Lipinski definition) is 3. The average Bonchev–Trinajstić information content (AvgIpc) is 3.67. The van der Waals surface area contributed by atoms with Gasteiger partial charge < -0.3 is 30.5 Å². The van der Waals surface area contributed by atoms with Gasteiger partial charge in [0.2, 0.25) is 0 Å². The maximum absolute atomic E-state index is 16.2. The van der Waals surface area contributed by atoms with Crippen LogP contribution in [0.5, 0.6) is 0 Å². The van der Waals surface area contributed by atoms with Gasteiger partial charge in [-0.2, -0.15) is 0 Å². The van der Waals surface area contributed by atoms with Gasteiger partial charge in [-0.25, -0.2) is 9.37 Å². The number of halogens is 1. The number of amides is 2. The Morgan fingerprint density at radius 1 is 0.980 bits per heavy atom. The first kappa shape index (κ1) is 31.7. The van der Waals surface area contributed by atoms with E-state index in [2.05, 4.69) is 25.8 Å². The van der Waals surface area contributed by atoms with Crippen molar-refractivity contribution in [2.45, 2.75) is 32.4 Å². The van der Waals surface area contributed by atoms with Crippen molar-refractivity contribution in [1.82, 2.24) is 4.98 Å². The molecule has 2 saturated heterocycles. The summed E-state index contributed by atoms with van der Waals surface area (Å²) in [6, 6.07) is 24.4. The minimum absolute atomic E-state index is 0.185. The van der Waals surface area contributed by atoms with Crippen LogP contribution < -0.4 is 25.8 Å². The largest absolute Gasteiger partial charge is 0.381 e. The van der Waals surface area contributed by atoms with Crippen LogP contribution in [0.25, 0.3) is 10.4 Å². The molecule has 2 fully saturated rings. The Bertz CT molecular complexity index is 2150. The van der Waals surface area contributed by atoms with E-state index >= 15 is 4.39 Å². The van der Waals surface area contributed by atoms with Gasteiger partial charge in [-0.3, -0.25) is 9.59 Å². The average molecular weight is 701 g/mol. The number of carbonyl (C=O) groups is 2. The van der Waals surface area contributed by atoms with Gasteiger partial charge in [0.25, 0.3) is 11.8 Å². The van der Waals surface area contributed by atoms with E-state index in [4.69, 9.17) is 4.74 Å². The summed E-state index contributed by atoms with van der Waals surface area (Å²) in [6.07, 6.45) is 3.88. The number of ether oxygens (including phenoxy) is 1. The molecule has 0 unspecified atom stereocenters. The van der Waals surface area contributed by atoms with Crippen molar-refractivity contribution in [2.24, 2.45) is 5.41 Å². The van der Waals surface area contributed by atoms with Crippen LogP contribution in [0.15, 0.2) is 85.1 Å². The number of anilines is 5. The lowest BCUT2D eigenvalue weighted by Gasteiger charge is -2.53. The standard InChI is InChI=1S/C40H37FN6O3S/c1-24-20-29(37(42-21-24)46-22-40(23-46)15-18-50-19-16-40)38(48)43-26-12-10-25(11-13-26)39(49)47-17-14-28-33(41)35(36-44-30-7-3-4-8-31(30)45-36)51-34(28)27-6-2-5-9-32(27)47/h2-13,20-21,36,44-45H,14-19,22-23H2,1H3,(H,43,48). The van der Waals surface area contributed by atoms with Crippen LogP contribution in [0.4, 0.5) is 33.0 Å². The van der Waals surface area contributed by atoms with Crippen molar-refractivity contribution in [3.8, 4) is 10.4 Å². The zero-order valence-electron chi connectivity index (χ0n) is 28.2. The van der Waals surface area contributed by atoms with E-state index in [1.807, 2.05) is 61.5 Å². The molecule has 0 saturated carbocycles. The monoisotopic (exact) mass is 700 g/mol. The number of nitrogens with one attached hydrogen (secondary N) is 3. The highest BCUT2D eigenvalue weighted by atomic mass is 32.1. The molecule has 0 atom stereocenters. The number of aryl methyl sites for hydroxylation is 1. The first-order chi connectivity index (χ1) is 24.9. The molecule has 0 aliphatic carbocycles. The first-order valence-corrected chi connectivity index (χ1v) is 18.2. The number of rotatable bonds is 5. The van der Waals surface area contributed by atoms with Gasteiger partial charge in [0, 0.05) is 71.7 Å². The zero-order chi connectivity index (χ0) is 34.7. The molecule has 2 amide bonds. The van der Waals surface area contributed by atoms with Crippen LogP contribution in [0.3, 0.4) is 0 Å². The number of carbonyl (C=O) groups excluding carboxylic acids is 2. The second-order valence-electron chi connectivity index (χ2n) is 14.0. The molecule has 258 valence electrons. The fourth-order valence-corrected chi connectivity index (χ4v) is 9.09. The minimum atomic E-state index is -0.364. The number of aromatic nitrogens is 1. The number of pyridine rings is 1. The highest BCUT2D eigenvalue weighted by Gasteiger charge is 2.45. The van der Waals surface area contributed by atoms with Gasteiger partial charge in [0.1, 0.15) is 17.8 Å². The lowest BCUT2D eigenvalue weighted by Crippen LogP contribution is -2.59. The third-order valence-electron chi connectivity index (χ3n) is 10.6. The molecule has 6 heterocycles. The Morgan fingerprint density at radius 2 is 1.69 bits per heavy atom. The van der Waals surface area contributed by atoms with Gasteiger partial charge in [-0.1, -0.05) is 30.3 Å². The fourth-order valence-electron chi connectivity index (χ4n) is 7.83. The van der Waals surface area contributed by atoms with E-state index < -0.39 is 0 Å². The smallest absolute Gasteiger partial charge is 0.259 e. The molecular formula is C40H37FN6O3S. The molecule has 9 rings (SSSR count). The summed E-state index contributed by atoms with van der Waals surface area (Å²) in [5.74, 6) is 0.0331. The zero-order valence-corrected chi connectivity index (χ0v) is 29.0. The normalized spacial score (nSPS) is 17.4. The second kappa shape index (κ2) is 12.5. The molecule has 2 aromatic heterocycles. The minimum Gasteiger partial charge on any atom is -0.381 e. The quantitative estimate of drug-likeness (QED) is 0.172. The molecule has 3 aromatic carbocycles. The van der Waals surface area contributed by atoms with Gasteiger partial charge in [0.15, 0.2) is 0 Å². The van der Waals surface area contributed by atoms with Crippen LogP contribution in [-0.2, 0) is 11.2 Å². The van der Waals surface area contributed by atoms with Crippen molar-refractivity contribution in [3.63, 3.8) is 0 Å². The van der Waals surface area contributed by atoms with E-state index in [-0.39, 0.29) is 29.2 Å². The third-order valence-corrected chi connectivity index (χ3v) is 11.9. The van der Waals surface area contributed by atoms with Crippen LogP contribution in [-0.4, -0.2) is 49.6 Å². The summed E-state index contributed by atoms with van der Waals surface area (Å²) in [5.41, 5.74) is 6.84. The summed E-state index contributed by atoms with van der Waals surface area (Å²) in [5, 5.41) is 9.82. The van der Waals surface area contributed by atoms with E-state index in [1.165, 1.54) is 11.3 Å². The molecule has 51 heavy (non-hydrogen) atoms. The summed E-state index contributed by atoms with van der Waals surface area (Å²) >= 11 is 1.42. The maximum atomic E-state index is 16.2. The van der Waals surface area contributed by atoms with Crippen LogP contribution in [0, 0.1) is 18.2 Å². The number of hydrogen-bond acceptors (Lipinski definition) is 8. The molecule has 1 spiro atoms. The summed E-state index contributed by atoms with van der Waals surface area (Å²) < 4.78 is 21.7. The van der Waals surface area contributed by atoms with Crippen LogP contribution in [0.2, 0.25) is 0 Å². The molecule has 5 aromatic rings. The highest BCUT2D eigenvalue weighted by molar-refractivity contribution is 7.16. The molecule has 9 nitrogen and oxygen atoms in total. The van der Waals surface area contributed by atoms with Crippen molar-refractivity contribution in [3.05, 3.63) is 118 Å². The summed E-state index contributed by atoms with van der Waals surface area (Å²) in [4.78, 5) is 37.7. The number of para-hydroxylation sites is 3. The molecule has 0 bridgehead atoms. The molecule has 4 aliphatic rings. The number of fused-ring (bicyclic) bond motifs is 4. The topological polar surface area (TPSA) is 98.8 Å². The van der Waals surface area contributed by atoms with E-state index in [1.54, 1.807) is 35.4 Å². The van der Waals surface area contributed by atoms with Gasteiger partial charge in [-0.15, -0.1) is 11.3 Å². The van der Waals surface area contributed by atoms with E-state index in [0.717, 1.165) is 72.2 Å². The SMILES string of the molecule is Cc1cnc(N2CC3(CCOCC3)C2)c(C(=O)Nc2ccc(C(=O)N3CCc4c(sc(C5Nc6ccccc6N5)c4F)-c4ccccc43)cc2)c1. The van der Waals surface area contributed by atoms with Crippen molar-refractivity contribution in [2.75, 3.05) is 58.6 Å². The summed E-state index contributed by atoms with van der Waals surface area (Å²) in [7, 11) is 0. The van der Waals surface area contributed by atoms with Gasteiger partial charge in [0.05, 0.1) is 27.5 Å². The van der Waals surface area contributed by atoms with Gasteiger partial charge >= 0.3 is 0 Å². The Kier molecular flexibility index (Phi) is 7.77. The number of benzene rings is 3. The molecule has 11 heteroatoms. The number of thiophene rings is 1. The van der Waals surface area contributed by atoms with Crippen molar-refractivity contribution >= 4 is 51.7 Å². The van der Waals surface area contributed by atoms with E-state index in [9.17, 15) is 9.59 Å². The van der Waals surface area contributed by atoms with Gasteiger partial charge in [-0.05, 0) is 80.3 Å². The predicted molar refractivity (Wildman–Crippen MR) is 200 cm³/mol. The fraction of sp³-hybridized carbons (Fsp3) is 0.275.